The fourth-order valence-electron chi connectivity index (χ4n) is 1.87. The van der Waals surface area contributed by atoms with Crippen LogP contribution in [0.3, 0.4) is 0 Å². The molecule has 0 amide bonds. The van der Waals surface area contributed by atoms with E-state index in [1.165, 1.54) is 6.07 Å². The maximum Gasteiger partial charge on any atom is 0.354 e. The van der Waals surface area contributed by atoms with E-state index in [1.807, 2.05) is 38.1 Å². The minimum Gasteiger partial charge on any atom is -0.477 e. The van der Waals surface area contributed by atoms with Gasteiger partial charge in [-0.15, -0.1) is 0 Å². The second-order valence-electron chi connectivity index (χ2n) is 5.03. The van der Waals surface area contributed by atoms with Crippen molar-refractivity contribution >= 4 is 5.97 Å². The molecule has 0 unspecified atom stereocenters. The number of hydrogen-bond acceptors (Lipinski definition) is 3. The van der Waals surface area contributed by atoms with E-state index in [9.17, 15) is 4.79 Å². The van der Waals surface area contributed by atoms with Gasteiger partial charge in [-0.2, -0.15) is 0 Å². The Kier molecular flexibility index (Phi) is 3.86. The lowest BCUT2D eigenvalue weighted by molar-refractivity contribution is 0.0192. The van der Waals surface area contributed by atoms with E-state index in [0.717, 1.165) is 16.7 Å². The van der Waals surface area contributed by atoms with Crippen LogP contribution in [0.1, 0.15) is 29.9 Å². The van der Waals surface area contributed by atoms with Gasteiger partial charge in [0, 0.05) is 18.9 Å². The Morgan fingerprint density at radius 2 is 1.70 bits per heavy atom. The molecule has 0 bridgehead atoms. The molecule has 0 spiro atoms. The summed E-state index contributed by atoms with van der Waals surface area (Å²) in [7, 11) is 1.68. The van der Waals surface area contributed by atoms with Gasteiger partial charge in [0.05, 0.1) is 5.60 Å². The molecule has 104 valence electrons. The third-order valence-corrected chi connectivity index (χ3v) is 3.41. The first-order valence-electron chi connectivity index (χ1n) is 6.29. The summed E-state index contributed by atoms with van der Waals surface area (Å²) in [5.74, 6) is -1.02. The van der Waals surface area contributed by atoms with E-state index in [-0.39, 0.29) is 11.3 Å². The van der Waals surface area contributed by atoms with Gasteiger partial charge in [-0.3, -0.25) is 0 Å². The second-order valence-corrected chi connectivity index (χ2v) is 5.03. The lowest BCUT2D eigenvalue weighted by atomic mass is 9.95. The van der Waals surface area contributed by atoms with Crippen LogP contribution in [0, 0.1) is 0 Å². The highest BCUT2D eigenvalue weighted by Gasteiger charge is 2.18. The van der Waals surface area contributed by atoms with Crippen LogP contribution in [0.2, 0.25) is 0 Å². The minimum atomic E-state index is -1.02. The Bertz CT molecular complexity index is 601. The molecule has 0 aliphatic carbocycles. The highest BCUT2D eigenvalue weighted by Crippen LogP contribution is 2.26. The number of nitrogens with zero attached hydrogens (tertiary/aromatic N) is 1. The summed E-state index contributed by atoms with van der Waals surface area (Å²) in [6, 6.07) is 11.2. The van der Waals surface area contributed by atoms with Crippen molar-refractivity contribution in [2.75, 3.05) is 7.11 Å². The van der Waals surface area contributed by atoms with Crippen molar-refractivity contribution in [3.63, 3.8) is 0 Å². The Labute approximate surface area is 118 Å². The van der Waals surface area contributed by atoms with Crippen molar-refractivity contribution in [1.29, 1.82) is 0 Å². The molecule has 1 heterocycles. The van der Waals surface area contributed by atoms with E-state index in [2.05, 4.69) is 4.98 Å². The Morgan fingerprint density at radius 3 is 2.15 bits per heavy atom. The summed E-state index contributed by atoms with van der Waals surface area (Å²) in [6.45, 7) is 4.01. The zero-order valence-electron chi connectivity index (χ0n) is 11.8. The van der Waals surface area contributed by atoms with Gasteiger partial charge in [0.2, 0.25) is 0 Å². The molecule has 1 aromatic heterocycles. The number of pyridine rings is 1. The normalized spacial score (nSPS) is 11.3. The van der Waals surface area contributed by atoms with Crippen LogP contribution in [0.5, 0.6) is 0 Å². The van der Waals surface area contributed by atoms with Gasteiger partial charge in [-0.1, -0.05) is 30.3 Å². The third kappa shape index (κ3) is 2.86. The zero-order chi connectivity index (χ0) is 14.8. The first kappa shape index (κ1) is 14.2. The average Bonchev–Trinajstić information content (AvgIpc) is 2.47. The maximum atomic E-state index is 10.8. The van der Waals surface area contributed by atoms with Gasteiger partial charge < -0.3 is 9.84 Å². The van der Waals surface area contributed by atoms with Crippen LogP contribution in [0.15, 0.2) is 42.6 Å². The van der Waals surface area contributed by atoms with Gasteiger partial charge in [0.15, 0.2) is 0 Å². The van der Waals surface area contributed by atoms with Crippen molar-refractivity contribution in [2.24, 2.45) is 0 Å². The molecule has 20 heavy (non-hydrogen) atoms. The van der Waals surface area contributed by atoms with Crippen LogP contribution < -0.4 is 0 Å². The number of aromatic carboxylic acids is 1. The predicted molar refractivity (Wildman–Crippen MR) is 76.7 cm³/mol. The topological polar surface area (TPSA) is 59.4 Å². The van der Waals surface area contributed by atoms with E-state index in [0.29, 0.717) is 0 Å². The van der Waals surface area contributed by atoms with Crippen LogP contribution in [-0.2, 0) is 10.3 Å². The summed E-state index contributed by atoms with van der Waals surface area (Å²) >= 11 is 0. The second kappa shape index (κ2) is 5.43. The molecule has 0 saturated carbocycles. The Morgan fingerprint density at radius 1 is 1.10 bits per heavy atom. The van der Waals surface area contributed by atoms with Crippen LogP contribution in [0.25, 0.3) is 11.1 Å². The number of rotatable bonds is 4. The van der Waals surface area contributed by atoms with Crippen LogP contribution in [0.4, 0.5) is 0 Å². The van der Waals surface area contributed by atoms with Crippen molar-refractivity contribution in [2.45, 2.75) is 19.4 Å². The van der Waals surface area contributed by atoms with Crippen LogP contribution >= 0.6 is 0 Å². The smallest absolute Gasteiger partial charge is 0.354 e. The summed E-state index contributed by atoms with van der Waals surface area (Å²) in [6.07, 6.45) is 1.57. The standard InChI is InChI=1S/C16H17NO3/c1-16(2,20-3)13-7-4-11(5-8-13)12-6-9-14(15(18)19)17-10-12/h4-10H,1-3H3,(H,18,19). The van der Waals surface area contributed by atoms with E-state index in [4.69, 9.17) is 9.84 Å². The molecular formula is C16H17NO3. The van der Waals surface area contributed by atoms with Gasteiger partial charge in [-0.25, -0.2) is 9.78 Å². The molecule has 0 fully saturated rings. The number of carboxylic acids is 1. The lowest BCUT2D eigenvalue weighted by Crippen LogP contribution is -2.19. The summed E-state index contributed by atoms with van der Waals surface area (Å²) in [5.41, 5.74) is 2.68. The Balaban J connectivity index is 2.28. The molecule has 2 rings (SSSR count). The Hall–Kier alpha value is -2.20. The summed E-state index contributed by atoms with van der Waals surface area (Å²) in [5, 5.41) is 8.82. The van der Waals surface area contributed by atoms with Gasteiger partial charge in [0.25, 0.3) is 0 Å². The highest BCUT2D eigenvalue weighted by molar-refractivity contribution is 5.85. The summed E-state index contributed by atoms with van der Waals surface area (Å²) < 4.78 is 5.43. The molecule has 0 aliphatic rings. The number of ether oxygens (including phenoxy) is 1. The molecule has 2 aromatic rings. The number of benzene rings is 1. The van der Waals surface area contributed by atoms with Crippen molar-refractivity contribution in [3.05, 3.63) is 53.9 Å². The van der Waals surface area contributed by atoms with Crippen molar-refractivity contribution in [1.82, 2.24) is 4.98 Å². The van der Waals surface area contributed by atoms with Crippen LogP contribution in [-0.4, -0.2) is 23.2 Å². The molecule has 0 saturated heterocycles. The van der Waals surface area contributed by atoms with Gasteiger partial charge in [0.1, 0.15) is 5.69 Å². The molecule has 4 nitrogen and oxygen atoms in total. The van der Waals surface area contributed by atoms with Crippen molar-refractivity contribution in [3.8, 4) is 11.1 Å². The zero-order valence-corrected chi connectivity index (χ0v) is 11.8. The molecule has 0 atom stereocenters. The molecule has 0 radical (unpaired) electrons. The fourth-order valence-corrected chi connectivity index (χ4v) is 1.87. The van der Waals surface area contributed by atoms with E-state index in [1.54, 1.807) is 19.4 Å². The maximum absolute atomic E-state index is 10.8. The monoisotopic (exact) mass is 271 g/mol. The number of aromatic nitrogens is 1. The minimum absolute atomic E-state index is 0.0471. The van der Waals surface area contributed by atoms with Crippen molar-refractivity contribution < 1.29 is 14.6 Å². The van der Waals surface area contributed by atoms with E-state index >= 15 is 0 Å². The molecule has 1 N–H and O–H groups in total. The first-order valence-corrected chi connectivity index (χ1v) is 6.29. The highest BCUT2D eigenvalue weighted by atomic mass is 16.5. The predicted octanol–water partition coefficient (Wildman–Crippen LogP) is 3.33. The SMILES string of the molecule is COC(C)(C)c1ccc(-c2ccc(C(=O)O)nc2)cc1. The number of hydrogen-bond donors (Lipinski definition) is 1. The first-order chi connectivity index (χ1) is 9.44. The molecule has 0 aliphatic heterocycles. The lowest BCUT2D eigenvalue weighted by Gasteiger charge is -2.23. The molecular weight excluding hydrogens is 254 g/mol. The molecule has 1 aromatic carbocycles. The fraction of sp³-hybridized carbons (Fsp3) is 0.250. The largest absolute Gasteiger partial charge is 0.477 e. The average molecular weight is 271 g/mol. The number of carboxylic acid groups (broad SMARTS) is 1. The van der Waals surface area contributed by atoms with E-state index < -0.39 is 5.97 Å². The quantitative estimate of drug-likeness (QED) is 0.926. The van der Waals surface area contributed by atoms with Gasteiger partial charge >= 0.3 is 5.97 Å². The third-order valence-electron chi connectivity index (χ3n) is 3.41. The number of methoxy groups -OCH3 is 1. The number of carbonyl (C=O) groups is 1. The summed E-state index contributed by atoms with van der Waals surface area (Å²) in [4.78, 5) is 14.7. The van der Waals surface area contributed by atoms with Gasteiger partial charge in [-0.05, 0) is 31.0 Å². The molecule has 4 heteroatoms.